The fourth-order valence-electron chi connectivity index (χ4n) is 1.12. The minimum absolute atomic E-state index is 0.0911. The van der Waals surface area contributed by atoms with Crippen molar-refractivity contribution in [3.8, 4) is 5.75 Å². The molecule has 1 aromatic carbocycles. The maximum atomic E-state index is 11.7. The SMILES string of the molecule is COc1ccc(Br)cc1S(=O)(=O)CCO. The number of aliphatic hydroxyl groups is 1. The van der Waals surface area contributed by atoms with Gasteiger partial charge < -0.3 is 9.84 Å². The average molecular weight is 295 g/mol. The lowest BCUT2D eigenvalue weighted by atomic mass is 10.3. The lowest BCUT2D eigenvalue weighted by Gasteiger charge is -2.08. The Morgan fingerprint density at radius 2 is 2.13 bits per heavy atom. The first-order chi connectivity index (χ1) is 7.01. The molecule has 84 valence electrons. The highest BCUT2D eigenvalue weighted by molar-refractivity contribution is 9.10. The summed E-state index contributed by atoms with van der Waals surface area (Å²) in [7, 11) is -2.08. The van der Waals surface area contributed by atoms with E-state index in [9.17, 15) is 8.42 Å². The first kappa shape index (κ1) is 12.5. The van der Waals surface area contributed by atoms with Gasteiger partial charge in [-0.25, -0.2) is 8.42 Å². The Morgan fingerprint density at radius 3 is 2.67 bits per heavy atom. The van der Waals surface area contributed by atoms with E-state index < -0.39 is 16.4 Å². The number of aliphatic hydroxyl groups excluding tert-OH is 1. The second kappa shape index (κ2) is 4.96. The second-order valence-electron chi connectivity index (χ2n) is 2.84. The van der Waals surface area contributed by atoms with E-state index in [0.717, 1.165) is 0 Å². The van der Waals surface area contributed by atoms with Crippen molar-refractivity contribution >= 4 is 25.8 Å². The summed E-state index contributed by atoms with van der Waals surface area (Å²) in [5.41, 5.74) is 0. The molecule has 15 heavy (non-hydrogen) atoms. The van der Waals surface area contributed by atoms with Crippen LogP contribution in [0.4, 0.5) is 0 Å². The zero-order valence-electron chi connectivity index (χ0n) is 8.10. The van der Waals surface area contributed by atoms with Gasteiger partial charge in [-0.05, 0) is 18.2 Å². The Bertz CT molecular complexity index is 441. The van der Waals surface area contributed by atoms with E-state index in [1.807, 2.05) is 0 Å². The van der Waals surface area contributed by atoms with Crippen molar-refractivity contribution in [1.82, 2.24) is 0 Å². The van der Waals surface area contributed by atoms with Crippen molar-refractivity contribution < 1.29 is 18.3 Å². The van der Waals surface area contributed by atoms with Crippen LogP contribution in [0.3, 0.4) is 0 Å². The number of rotatable bonds is 4. The van der Waals surface area contributed by atoms with Crippen LogP contribution in [0.5, 0.6) is 5.75 Å². The van der Waals surface area contributed by atoms with Crippen LogP contribution >= 0.6 is 15.9 Å². The van der Waals surface area contributed by atoms with Crippen LogP contribution in [0, 0.1) is 0 Å². The molecule has 6 heteroatoms. The number of hydrogen-bond acceptors (Lipinski definition) is 4. The molecule has 0 aliphatic rings. The zero-order valence-corrected chi connectivity index (χ0v) is 10.5. The summed E-state index contributed by atoms with van der Waals surface area (Å²) in [6.45, 7) is -0.405. The Morgan fingerprint density at radius 1 is 1.47 bits per heavy atom. The molecule has 1 rings (SSSR count). The molecule has 0 saturated carbocycles. The van der Waals surface area contributed by atoms with Gasteiger partial charge in [-0.2, -0.15) is 0 Å². The molecule has 1 aromatic rings. The van der Waals surface area contributed by atoms with Gasteiger partial charge in [-0.3, -0.25) is 0 Å². The Labute approximate surface area is 96.9 Å². The summed E-state index contributed by atoms with van der Waals surface area (Å²) in [5, 5.41) is 8.66. The van der Waals surface area contributed by atoms with Gasteiger partial charge in [0.2, 0.25) is 0 Å². The smallest absolute Gasteiger partial charge is 0.184 e. The molecule has 0 saturated heterocycles. The topological polar surface area (TPSA) is 63.6 Å². The van der Waals surface area contributed by atoms with Gasteiger partial charge in [0.15, 0.2) is 9.84 Å². The van der Waals surface area contributed by atoms with E-state index in [1.165, 1.54) is 13.2 Å². The van der Waals surface area contributed by atoms with E-state index >= 15 is 0 Å². The highest BCUT2D eigenvalue weighted by atomic mass is 79.9. The van der Waals surface area contributed by atoms with Gasteiger partial charge in [-0.15, -0.1) is 0 Å². The van der Waals surface area contributed by atoms with Gasteiger partial charge in [0.05, 0.1) is 19.5 Å². The van der Waals surface area contributed by atoms with Crippen molar-refractivity contribution in [2.45, 2.75) is 4.90 Å². The van der Waals surface area contributed by atoms with Gasteiger partial charge >= 0.3 is 0 Å². The first-order valence-electron chi connectivity index (χ1n) is 4.18. The summed E-state index contributed by atoms with van der Waals surface area (Å²) >= 11 is 3.19. The fraction of sp³-hybridized carbons (Fsp3) is 0.333. The highest BCUT2D eigenvalue weighted by Gasteiger charge is 2.19. The van der Waals surface area contributed by atoms with Crippen LogP contribution in [0.1, 0.15) is 0 Å². The van der Waals surface area contributed by atoms with Crippen molar-refractivity contribution in [3.05, 3.63) is 22.7 Å². The molecule has 0 atom stereocenters. The lowest BCUT2D eigenvalue weighted by molar-refractivity contribution is 0.319. The van der Waals surface area contributed by atoms with E-state index in [2.05, 4.69) is 15.9 Å². The maximum Gasteiger partial charge on any atom is 0.184 e. The Kier molecular flexibility index (Phi) is 4.12. The fourth-order valence-corrected chi connectivity index (χ4v) is 2.86. The van der Waals surface area contributed by atoms with E-state index in [4.69, 9.17) is 9.84 Å². The number of sulfone groups is 1. The van der Waals surface area contributed by atoms with E-state index in [1.54, 1.807) is 12.1 Å². The van der Waals surface area contributed by atoms with Crippen molar-refractivity contribution in [3.63, 3.8) is 0 Å². The van der Waals surface area contributed by atoms with Crippen LogP contribution in [0.15, 0.2) is 27.6 Å². The molecule has 0 unspecified atom stereocenters. The van der Waals surface area contributed by atoms with Crippen LogP contribution in [0.25, 0.3) is 0 Å². The first-order valence-corrected chi connectivity index (χ1v) is 6.63. The molecule has 0 aliphatic heterocycles. The standard InChI is InChI=1S/C9H11BrO4S/c1-14-8-3-2-7(10)6-9(8)15(12,13)5-4-11/h2-3,6,11H,4-5H2,1H3. The summed E-state index contributed by atoms with van der Waals surface area (Å²) in [6, 6.07) is 4.72. The third kappa shape index (κ3) is 2.93. The predicted molar refractivity (Wildman–Crippen MR) is 59.8 cm³/mol. The number of methoxy groups -OCH3 is 1. The maximum absolute atomic E-state index is 11.7. The summed E-state index contributed by atoms with van der Waals surface area (Å²) in [5.74, 6) is -0.0218. The van der Waals surface area contributed by atoms with E-state index in [0.29, 0.717) is 4.47 Å². The van der Waals surface area contributed by atoms with Crippen LogP contribution in [-0.2, 0) is 9.84 Å². The third-order valence-electron chi connectivity index (χ3n) is 1.82. The molecule has 0 spiro atoms. The van der Waals surface area contributed by atoms with Crippen molar-refractivity contribution in [2.75, 3.05) is 19.5 Å². The number of hydrogen-bond donors (Lipinski definition) is 1. The lowest BCUT2D eigenvalue weighted by Crippen LogP contribution is -2.11. The Balaban J connectivity index is 3.28. The number of benzene rings is 1. The molecule has 0 bridgehead atoms. The highest BCUT2D eigenvalue weighted by Crippen LogP contribution is 2.27. The molecule has 0 aliphatic carbocycles. The van der Waals surface area contributed by atoms with Gasteiger partial charge in [0.25, 0.3) is 0 Å². The van der Waals surface area contributed by atoms with Crippen LogP contribution in [0.2, 0.25) is 0 Å². The molecular weight excluding hydrogens is 284 g/mol. The molecule has 4 nitrogen and oxygen atoms in total. The van der Waals surface area contributed by atoms with Gasteiger partial charge in [0, 0.05) is 4.47 Å². The number of ether oxygens (including phenoxy) is 1. The number of halogens is 1. The van der Waals surface area contributed by atoms with Crippen LogP contribution in [-0.4, -0.2) is 33.0 Å². The quantitative estimate of drug-likeness (QED) is 0.907. The van der Waals surface area contributed by atoms with Crippen molar-refractivity contribution in [2.24, 2.45) is 0 Å². The summed E-state index contributed by atoms with van der Waals surface area (Å²) in [4.78, 5) is 0.0911. The molecule has 0 fully saturated rings. The third-order valence-corrected chi connectivity index (χ3v) is 4.02. The van der Waals surface area contributed by atoms with Crippen molar-refractivity contribution in [1.29, 1.82) is 0 Å². The molecule has 0 aromatic heterocycles. The molecule has 1 N–H and O–H groups in total. The molecule has 0 radical (unpaired) electrons. The second-order valence-corrected chi connectivity index (χ2v) is 5.83. The van der Waals surface area contributed by atoms with Gasteiger partial charge in [-0.1, -0.05) is 15.9 Å². The zero-order chi connectivity index (χ0) is 11.5. The van der Waals surface area contributed by atoms with Crippen LogP contribution < -0.4 is 4.74 Å². The monoisotopic (exact) mass is 294 g/mol. The Hall–Kier alpha value is -0.590. The molecule has 0 amide bonds. The van der Waals surface area contributed by atoms with Gasteiger partial charge in [0.1, 0.15) is 10.6 Å². The largest absolute Gasteiger partial charge is 0.495 e. The minimum Gasteiger partial charge on any atom is -0.495 e. The summed E-state index contributed by atoms with van der Waals surface area (Å²) in [6.07, 6.45) is 0. The molecular formula is C9H11BrO4S. The summed E-state index contributed by atoms with van der Waals surface area (Å²) < 4.78 is 29.0. The molecule has 0 heterocycles. The normalized spacial score (nSPS) is 11.4. The van der Waals surface area contributed by atoms with E-state index in [-0.39, 0.29) is 16.4 Å². The predicted octanol–water partition coefficient (Wildman–Crippen LogP) is 1.22. The average Bonchev–Trinajstić information content (AvgIpc) is 2.17. The minimum atomic E-state index is -3.48.